The SMILES string of the molecule is NC1CCCO[C@@H]1c1cc(F)ccc1F. The molecule has 0 saturated carbocycles. The van der Waals surface area contributed by atoms with Crippen molar-refractivity contribution >= 4 is 0 Å². The first-order valence-corrected chi connectivity index (χ1v) is 5.00. The van der Waals surface area contributed by atoms with Crippen molar-refractivity contribution in [2.24, 2.45) is 5.73 Å². The molecule has 0 radical (unpaired) electrons. The summed E-state index contributed by atoms with van der Waals surface area (Å²) in [6.07, 6.45) is 1.13. The van der Waals surface area contributed by atoms with Gasteiger partial charge < -0.3 is 10.5 Å². The second kappa shape index (κ2) is 4.24. The average Bonchev–Trinajstić information content (AvgIpc) is 2.23. The first kappa shape index (κ1) is 10.5. The minimum absolute atomic E-state index is 0.224. The van der Waals surface area contributed by atoms with Crippen LogP contribution in [0.25, 0.3) is 0 Å². The van der Waals surface area contributed by atoms with E-state index < -0.39 is 17.7 Å². The van der Waals surface area contributed by atoms with Gasteiger partial charge in [0, 0.05) is 18.2 Å². The van der Waals surface area contributed by atoms with Gasteiger partial charge in [0.1, 0.15) is 17.7 Å². The zero-order valence-electron chi connectivity index (χ0n) is 8.25. The predicted molar refractivity (Wildman–Crippen MR) is 52.3 cm³/mol. The van der Waals surface area contributed by atoms with Gasteiger partial charge in [-0.3, -0.25) is 0 Å². The minimum Gasteiger partial charge on any atom is -0.372 e. The highest BCUT2D eigenvalue weighted by molar-refractivity contribution is 5.22. The molecule has 0 spiro atoms. The lowest BCUT2D eigenvalue weighted by molar-refractivity contribution is -0.00206. The molecule has 82 valence electrons. The molecule has 0 bridgehead atoms. The fraction of sp³-hybridized carbons (Fsp3) is 0.455. The van der Waals surface area contributed by atoms with Crippen molar-refractivity contribution in [1.82, 2.24) is 0 Å². The Morgan fingerprint density at radius 3 is 2.87 bits per heavy atom. The van der Waals surface area contributed by atoms with E-state index >= 15 is 0 Å². The molecule has 2 N–H and O–H groups in total. The molecule has 1 unspecified atom stereocenters. The van der Waals surface area contributed by atoms with Gasteiger partial charge in [0.15, 0.2) is 0 Å². The summed E-state index contributed by atoms with van der Waals surface area (Å²) in [4.78, 5) is 0. The zero-order chi connectivity index (χ0) is 10.8. The Kier molecular flexibility index (Phi) is 2.98. The third-order valence-electron chi connectivity index (χ3n) is 2.63. The van der Waals surface area contributed by atoms with Gasteiger partial charge in [0.25, 0.3) is 0 Å². The monoisotopic (exact) mass is 213 g/mol. The van der Waals surface area contributed by atoms with Crippen LogP contribution < -0.4 is 5.73 Å². The molecular weight excluding hydrogens is 200 g/mol. The molecule has 1 aliphatic heterocycles. The van der Waals surface area contributed by atoms with Crippen LogP contribution >= 0.6 is 0 Å². The van der Waals surface area contributed by atoms with Crippen LogP contribution in [-0.2, 0) is 4.74 Å². The van der Waals surface area contributed by atoms with Crippen LogP contribution in [0.15, 0.2) is 18.2 Å². The van der Waals surface area contributed by atoms with E-state index in [2.05, 4.69) is 0 Å². The molecule has 4 heteroatoms. The van der Waals surface area contributed by atoms with Crippen LogP contribution in [0, 0.1) is 11.6 Å². The van der Waals surface area contributed by atoms with Crippen molar-refractivity contribution in [1.29, 1.82) is 0 Å². The summed E-state index contributed by atoms with van der Waals surface area (Å²) in [5.41, 5.74) is 6.04. The molecule has 1 aliphatic rings. The Bertz CT molecular complexity index is 356. The normalized spacial score (nSPS) is 26.6. The number of benzene rings is 1. The zero-order valence-corrected chi connectivity index (χ0v) is 8.25. The van der Waals surface area contributed by atoms with Crippen molar-refractivity contribution in [3.63, 3.8) is 0 Å². The summed E-state index contributed by atoms with van der Waals surface area (Å²) >= 11 is 0. The maximum Gasteiger partial charge on any atom is 0.129 e. The highest BCUT2D eigenvalue weighted by Gasteiger charge is 2.26. The van der Waals surface area contributed by atoms with Crippen molar-refractivity contribution in [3.8, 4) is 0 Å². The smallest absolute Gasteiger partial charge is 0.129 e. The lowest BCUT2D eigenvalue weighted by atomic mass is 9.96. The van der Waals surface area contributed by atoms with E-state index in [1.54, 1.807) is 0 Å². The molecule has 1 fully saturated rings. The number of hydrogen-bond donors (Lipinski definition) is 1. The van der Waals surface area contributed by atoms with E-state index in [4.69, 9.17) is 10.5 Å². The molecule has 0 aromatic heterocycles. The third-order valence-corrected chi connectivity index (χ3v) is 2.63. The van der Waals surface area contributed by atoms with Gasteiger partial charge >= 0.3 is 0 Å². The largest absolute Gasteiger partial charge is 0.372 e. The standard InChI is InChI=1S/C11H13F2NO/c12-7-3-4-9(13)8(6-7)11-10(14)2-1-5-15-11/h3-4,6,10-11H,1-2,5,14H2/t10?,11-/m1/s1. The molecule has 1 aromatic carbocycles. The lowest BCUT2D eigenvalue weighted by Crippen LogP contribution is -2.35. The molecule has 1 aromatic rings. The second-order valence-electron chi connectivity index (χ2n) is 3.76. The van der Waals surface area contributed by atoms with Crippen LogP contribution in [0.2, 0.25) is 0 Å². The second-order valence-corrected chi connectivity index (χ2v) is 3.76. The maximum atomic E-state index is 13.4. The quantitative estimate of drug-likeness (QED) is 0.775. The Labute approximate surface area is 87.0 Å². The van der Waals surface area contributed by atoms with E-state index in [-0.39, 0.29) is 11.6 Å². The molecule has 2 rings (SSSR count). The van der Waals surface area contributed by atoms with E-state index in [0.717, 1.165) is 31.0 Å². The van der Waals surface area contributed by atoms with Gasteiger partial charge in [-0.05, 0) is 31.0 Å². The Morgan fingerprint density at radius 2 is 2.13 bits per heavy atom. The van der Waals surface area contributed by atoms with Crippen molar-refractivity contribution in [2.75, 3.05) is 6.61 Å². The van der Waals surface area contributed by atoms with E-state index in [0.29, 0.717) is 6.61 Å². The summed E-state index contributed by atoms with van der Waals surface area (Å²) in [5.74, 6) is -0.925. The summed E-state index contributed by atoms with van der Waals surface area (Å²) < 4.78 is 31.8. The van der Waals surface area contributed by atoms with Crippen molar-refractivity contribution < 1.29 is 13.5 Å². The molecule has 0 amide bonds. The highest BCUT2D eigenvalue weighted by atomic mass is 19.1. The predicted octanol–water partition coefficient (Wildman–Crippen LogP) is 2.14. The number of rotatable bonds is 1. The molecule has 1 heterocycles. The van der Waals surface area contributed by atoms with Crippen LogP contribution in [-0.4, -0.2) is 12.6 Å². The Balaban J connectivity index is 2.30. The molecule has 15 heavy (non-hydrogen) atoms. The van der Waals surface area contributed by atoms with Gasteiger partial charge in [-0.15, -0.1) is 0 Å². The Morgan fingerprint density at radius 1 is 1.33 bits per heavy atom. The van der Waals surface area contributed by atoms with Crippen molar-refractivity contribution in [2.45, 2.75) is 25.0 Å². The lowest BCUT2D eigenvalue weighted by Gasteiger charge is -2.29. The Hall–Kier alpha value is -1.00. The van der Waals surface area contributed by atoms with Crippen LogP contribution in [0.3, 0.4) is 0 Å². The third kappa shape index (κ3) is 2.16. The van der Waals surface area contributed by atoms with Gasteiger partial charge in [-0.1, -0.05) is 0 Å². The maximum absolute atomic E-state index is 13.4. The molecule has 1 saturated heterocycles. The fourth-order valence-corrected chi connectivity index (χ4v) is 1.86. The van der Waals surface area contributed by atoms with Crippen LogP contribution in [0.1, 0.15) is 24.5 Å². The topological polar surface area (TPSA) is 35.2 Å². The first-order chi connectivity index (χ1) is 7.18. The fourth-order valence-electron chi connectivity index (χ4n) is 1.86. The summed E-state index contributed by atoms with van der Waals surface area (Å²) in [6, 6.07) is 3.10. The molecular formula is C11H13F2NO. The van der Waals surface area contributed by atoms with Gasteiger partial charge in [-0.2, -0.15) is 0 Å². The van der Waals surface area contributed by atoms with Crippen LogP contribution in [0.5, 0.6) is 0 Å². The molecule has 0 aliphatic carbocycles. The minimum atomic E-state index is -0.519. The molecule has 2 nitrogen and oxygen atoms in total. The summed E-state index contributed by atoms with van der Waals surface area (Å²) in [7, 11) is 0. The van der Waals surface area contributed by atoms with Crippen LogP contribution in [0.4, 0.5) is 8.78 Å². The van der Waals surface area contributed by atoms with Gasteiger partial charge in [-0.25, -0.2) is 8.78 Å². The van der Waals surface area contributed by atoms with E-state index in [1.165, 1.54) is 0 Å². The number of halogens is 2. The average molecular weight is 213 g/mol. The van der Waals surface area contributed by atoms with Crippen molar-refractivity contribution in [3.05, 3.63) is 35.4 Å². The van der Waals surface area contributed by atoms with E-state index in [1.807, 2.05) is 0 Å². The van der Waals surface area contributed by atoms with Gasteiger partial charge in [0.2, 0.25) is 0 Å². The first-order valence-electron chi connectivity index (χ1n) is 5.00. The summed E-state index contributed by atoms with van der Waals surface area (Å²) in [6.45, 7) is 0.550. The van der Waals surface area contributed by atoms with E-state index in [9.17, 15) is 8.78 Å². The number of ether oxygens (including phenoxy) is 1. The summed E-state index contributed by atoms with van der Waals surface area (Å²) in [5, 5.41) is 0. The van der Waals surface area contributed by atoms with Gasteiger partial charge in [0.05, 0.1) is 0 Å². The number of nitrogens with two attached hydrogens (primary N) is 1. The highest BCUT2D eigenvalue weighted by Crippen LogP contribution is 2.29. The molecule has 2 atom stereocenters. The number of hydrogen-bond acceptors (Lipinski definition) is 2.